The number of aryl methyl sites for hydroxylation is 2. The van der Waals surface area contributed by atoms with E-state index in [0.717, 1.165) is 28.9 Å². The topological polar surface area (TPSA) is 44.1 Å². The number of fused-ring (bicyclic) bond motifs is 1. The largest absolute Gasteiger partial charge is 0.497 e. The smallest absolute Gasteiger partial charge is 0.121 e. The maximum Gasteiger partial charge on any atom is 0.121 e. The fourth-order valence-electron chi connectivity index (χ4n) is 1.77. The van der Waals surface area contributed by atoms with Crippen molar-refractivity contribution in [2.24, 2.45) is 7.05 Å². The van der Waals surface area contributed by atoms with E-state index in [9.17, 15) is 4.79 Å². The molecule has 0 saturated carbocycles. The summed E-state index contributed by atoms with van der Waals surface area (Å²) in [7, 11) is 3.60. The summed E-state index contributed by atoms with van der Waals surface area (Å²) >= 11 is 0. The lowest BCUT2D eigenvalue weighted by Crippen LogP contribution is -1.97. The molecule has 84 valence electrons. The zero-order valence-electron chi connectivity index (χ0n) is 9.43. The quantitative estimate of drug-likeness (QED) is 0.734. The summed E-state index contributed by atoms with van der Waals surface area (Å²) in [6.45, 7) is 0. The Labute approximate surface area is 93.9 Å². The van der Waals surface area contributed by atoms with Crippen molar-refractivity contribution >= 4 is 17.3 Å². The predicted molar refractivity (Wildman–Crippen MR) is 61.7 cm³/mol. The minimum atomic E-state index is 0.508. The van der Waals surface area contributed by atoms with Crippen molar-refractivity contribution in [2.45, 2.75) is 12.8 Å². The maximum atomic E-state index is 10.3. The van der Waals surface area contributed by atoms with Gasteiger partial charge in [-0.25, -0.2) is 4.98 Å². The molecule has 0 N–H and O–H groups in total. The van der Waals surface area contributed by atoms with Gasteiger partial charge in [0.05, 0.1) is 18.1 Å². The van der Waals surface area contributed by atoms with Crippen molar-refractivity contribution in [1.82, 2.24) is 9.55 Å². The molecule has 0 atom stereocenters. The number of methoxy groups -OCH3 is 1. The van der Waals surface area contributed by atoms with E-state index < -0.39 is 0 Å². The standard InChI is InChI=1S/C12H14N2O2/c1-14-11-6-5-9(16-2)8-10(11)13-12(14)4-3-7-15/h5-8H,3-4H2,1-2H3. The molecule has 4 heteroatoms. The van der Waals surface area contributed by atoms with Crippen LogP contribution in [0.15, 0.2) is 18.2 Å². The molecule has 4 nitrogen and oxygen atoms in total. The van der Waals surface area contributed by atoms with Crippen molar-refractivity contribution < 1.29 is 9.53 Å². The Balaban J connectivity index is 2.45. The van der Waals surface area contributed by atoms with Gasteiger partial charge in [0.15, 0.2) is 0 Å². The highest BCUT2D eigenvalue weighted by Gasteiger charge is 2.07. The molecule has 0 aliphatic carbocycles. The second-order valence-electron chi connectivity index (χ2n) is 3.65. The minimum Gasteiger partial charge on any atom is -0.497 e. The number of carbonyl (C=O) groups is 1. The van der Waals surface area contributed by atoms with Crippen LogP contribution in [0.4, 0.5) is 0 Å². The van der Waals surface area contributed by atoms with E-state index in [0.29, 0.717) is 12.8 Å². The Kier molecular flexibility index (Phi) is 2.90. The zero-order valence-corrected chi connectivity index (χ0v) is 9.43. The molecule has 1 heterocycles. The van der Waals surface area contributed by atoms with Gasteiger partial charge in [-0.15, -0.1) is 0 Å². The third kappa shape index (κ3) is 1.78. The van der Waals surface area contributed by atoms with E-state index in [2.05, 4.69) is 4.98 Å². The fourth-order valence-corrected chi connectivity index (χ4v) is 1.77. The zero-order chi connectivity index (χ0) is 11.5. The van der Waals surface area contributed by atoms with Crippen molar-refractivity contribution in [1.29, 1.82) is 0 Å². The molecule has 0 bridgehead atoms. The van der Waals surface area contributed by atoms with Gasteiger partial charge in [0, 0.05) is 26.0 Å². The van der Waals surface area contributed by atoms with Crippen LogP contribution >= 0.6 is 0 Å². The molecule has 0 spiro atoms. The van der Waals surface area contributed by atoms with Gasteiger partial charge in [-0.3, -0.25) is 0 Å². The van der Waals surface area contributed by atoms with E-state index in [-0.39, 0.29) is 0 Å². The molecule has 0 saturated heterocycles. The number of benzene rings is 1. The highest BCUT2D eigenvalue weighted by atomic mass is 16.5. The van der Waals surface area contributed by atoms with Gasteiger partial charge >= 0.3 is 0 Å². The van der Waals surface area contributed by atoms with E-state index in [4.69, 9.17) is 4.74 Å². The normalized spacial score (nSPS) is 10.6. The Morgan fingerprint density at radius 1 is 1.50 bits per heavy atom. The highest BCUT2D eigenvalue weighted by molar-refractivity contribution is 5.77. The molecular weight excluding hydrogens is 204 g/mol. The lowest BCUT2D eigenvalue weighted by atomic mass is 10.3. The van der Waals surface area contributed by atoms with Gasteiger partial charge in [-0.1, -0.05) is 0 Å². The number of hydrogen-bond donors (Lipinski definition) is 0. The Morgan fingerprint density at radius 3 is 3.00 bits per heavy atom. The summed E-state index contributed by atoms with van der Waals surface area (Å²) in [5, 5.41) is 0. The molecule has 0 amide bonds. The molecular formula is C12H14N2O2. The molecule has 0 aliphatic heterocycles. The number of aldehydes is 1. The first-order valence-electron chi connectivity index (χ1n) is 5.19. The maximum absolute atomic E-state index is 10.3. The number of ether oxygens (including phenoxy) is 1. The predicted octanol–water partition coefficient (Wildman–Crippen LogP) is 1.71. The molecule has 16 heavy (non-hydrogen) atoms. The van der Waals surface area contributed by atoms with Gasteiger partial charge in [0.1, 0.15) is 17.9 Å². The molecule has 0 aliphatic rings. The van der Waals surface area contributed by atoms with Crippen molar-refractivity contribution in [3.63, 3.8) is 0 Å². The summed E-state index contributed by atoms with van der Waals surface area (Å²) < 4.78 is 7.16. The van der Waals surface area contributed by atoms with Crippen molar-refractivity contribution in [3.8, 4) is 5.75 Å². The van der Waals surface area contributed by atoms with Gasteiger partial charge in [-0.05, 0) is 12.1 Å². The van der Waals surface area contributed by atoms with Crippen LogP contribution in [0.25, 0.3) is 11.0 Å². The number of carbonyl (C=O) groups excluding carboxylic acids is 1. The van der Waals surface area contributed by atoms with Crippen molar-refractivity contribution in [2.75, 3.05) is 7.11 Å². The Morgan fingerprint density at radius 2 is 2.31 bits per heavy atom. The second kappa shape index (κ2) is 4.35. The number of rotatable bonds is 4. The Bertz CT molecular complexity index is 517. The Hall–Kier alpha value is -1.84. The number of aromatic nitrogens is 2. The number of hydrogen-bond acceptors (Lipinski definition) is 3. The van der Waals surface area contributed by atoms with Gasteiger partial charge < -0.3 is 14.1 Å². The van der Waals surface area contributed by atoms with Gasteiger partial charge in [-0.2, -0.15) is 0 Å². The van der Waals surface area contributed by atoms with E-state index in [1.807, 2.05) is 29.8 Å². The molecule has 0 unspecified atom stereocenters. The summed E-state index contributed by atoms with van der Waals surface area (Å²) in [6.07, 6.45) is 2.10. The molecule has 0 radical (unpaired) electrons. The molecule has 1 aromatic heterocycles. The van der Waals surface area contributed by atoms with Crippen LogP contribution in [0.3, 0.4) is 0 Å². The fraction of sp³-hybridized carbons (Fsp3) is 0.333. The molecule has 0 fully saturated rings. The van der Waals surface area contributed by atoms with E-state index >= 15 is 0 Å². The van der Waals surface area contributed by atoms with Crippen LogP contribution in [0.1, 0.15) is 12.2 Å². The molecule has 2 rings (SSSR count). The minimum absolute atomic E-state index is 0.508. The summed E-state index contributed by atoms with van der Waals surface area (Å²) in [4.78, 5) is 14.8. The SMILES string of the molecule is COc1ccc2c(c1)nc(CCC=O)n2C. The second-order valence-corrected chi connectivity index (χ2v) is 3.65. The average molecular weight is 218 g/mol. The summed E-state index contributed by atoms with van der Waals surface area (Å²) in [5.41, 5.74) is 1.96. The lowest BCUT2D eigenvalue weighted by molar-refractivity contribution is -0.107. The van der Waals surface area contributed by atoms with Crippen LogP contribution in [-0.4, -0.2) is 22.9 Å². The number of imidazole rings is 1. The summed E-state index contributed by atoms with van der Waals surface area (Å²) in [5.74, 6) is 1.72. The number of nitrogens with zero attached hydrogens (tertiary/aromatic N) is 2. The third-order valence-electron chi connectivity index (χ3n) is 2.67. The highest BCUT2D eigenvalue weighted by Crippen LogP contribution is 2.21. The van der Waals surface area contributed by atoms with Crippen LogP contribution in [-0.2, 0) is 18.3 Å². The van der Waals surface area contributed by atoms with Crippen LogP contribution in [0, 0.1) is 0 Å². The molecule has 2 aromatic rings. The van der Waals surface area contributed by atoms with Gasteiger partial charge in [0.25, 0.3) is 0 Å². The first kappa shape index (κ1) is 10.7. The first-order valence-corrected chi connectivity index (χ1v) is 5.19. The van der Waals surface area contributed by atoms with Crippen LogP contribution < -0.4 is 4.74 Å². The van der Waals surface area contributed by atoms with Crippen molar-refractivity contribution in [3.05, 3.63) is 24.0 Å². The van der Waals surface area contributed by atoms with Crippen LogP contribution in [0.5, 0.6) is 5.75 Å². The van der Waals surface area contributed by atoms with Crippen LogP contribution in [0.2, 0.25) is 0 Å². The monoisotopic (exact) mass is 218 g/mol. The molecule has 1 aromatic carbocycles. The lowest BCUT2D eigenvalue weighted by Gasteiger charge is -2.00. The van der Waals surface area contributed by atoms with Gasteiger partial charge in [0.2, 0.25) is 0 Å². The van der Waals surface area contributed by atoms with E-state index in [1.165, 1.54) is 0 Å². The first-order chi connectivity index (χ1) is 7.76. The average Bonchev–Trinajstić information content (AvgIpc) is 2.63. The van der Waals surface area contributed by atoms with E-state index in [1.54, 1.807) is 7.11 Å². The summed E-state index contributed by atoms with van der Waals surface area (Å²) in [6, 6.07) is 5.79. The third-order valence-corrected chi connectivity index (χ3v) is 2.67.